The highest BCUT2D eigenvalue weighted by molar-refractivity contribution is 4.67. The topological polar surface area (TPSA) is 12.0 Å². The molecule has 0 aromatic rings. The molecular formula is C12H27N. The highest BCUT2D eigenvalue weighted by Crippen LogP contribution is 2.14. The molecule has 0 rings (SSSR count). The molecule has 0 aromatic carbocycles. The molecule has 0 aliphatic heterocycles. The van der Waals surface area contributed by atoms with Crippen LogP contribution in [0.3, 0.4) is 0 Å². The Hall–Kier alpha value is -0.0400. The first-order valence-corrected chi connectivity index (χ1v) is 5.81. The molecule has 0 aromatic heterocycles. The molecule has 80 valence electrons. The molecule has 1 N–H and O–H groups in total. The van der Waals surface area contributed by atoms with Gasteiger partial charge in [0.25, 0.3) is 0 Å². The van der Waals surface area contributed by atoms with E-state index in [9.17, 15) is 0 Å². The van der Waals surface area contributed by atoms with Crippen molar-refractivity contribution in [2.45, 2.75) is 59.9 Å². The van der Waals surface area contributed by atoms with E-state index in [-0.39, 0.29) is 0 Å². The highest BCUT2D eigenvalue weighted by atomic mass is 14.9. The zero-order chi connectivity index (χ0) is 10.3. The summed E-state index contributed by atoms with van der Waals surface area (Å²) < 4.78 is 0. The van der Waals surface area contributed by atoms with Crippen LogP contribution < -0.4 is 5.32 Å². The molecule has 0 heterocycles. The summed E-state index contributed by atoms with van der Waals surface area (Å²) in [6, 6.07) is 0.678. The van der Waals surface area contributed by atoms with E-state index in [1.807, 2.05) is 0 Å². The maximum Gasteiger partial charge on any atom is 0.00642 e. The van der Waals surface area contributed by atoms with E-state index in [1.165, 1.54) is 19.3 Å². The van der Waals surface area contributed by atoms with Crippen LogP contribution in [0.15, 0.2) is 0 Å². The molecule has 0 aliphatic carbocycles. The van der Waals surface area contributed by atoms with Crippen LogP contribution in [0, 0.1) is 11.8 Å². The van der Waals surface area contributed by atoms with Crippen LogP contribution in [0.5, 0.6) is 0 Å². The largest absolute Gasteiger partial charge is 0.314 e. The van der Waals surface area contributed by atoms with Gasteiger partial charge in [0.2, 0.25) is 0 Å². The normalized spacial score (nSPS) is 16.2. The third kappa shape index (κ3) is 7.06. The Labute approximate surface area is 84.3 Å². The quantitative estimate of drug-likeness (QED) is 0.640. The van der Waals surface area contributed by atoms with E-state index in [0.29, 0.717) is 6.04 Å². The Morgan fingerprint density at radius 2 is 1.62 bits per heavy atom. The van der Waals surface area contributed by atoms with E-state index in [4.69, 9.17) is 0 Å². The summed E-state index contributed by atoms with van der Waals surface area (Å²) in [5.41, 5.74) is 0. The second kappa shape index (κ2) is 7.37. The molecule has 1 nitrogen and oxygen atoms in total. The fraction of sp³-hybridized carbons (Fsp3) is 1.00. The van der Waals surface area contributed by atoms with Gasteiger partial charge < -0.3 is 5.32 Å². The van der Waals surface area contributed by atoms with Crippen LogP contribution in [-0.4, -0.2) is 12.6 Å². The molecule has 0 aliphatic rings. The summed E-state index contributed by atoms with van der Waals surface area (Å²) in [5, 5.41) is 3.48. The monoisotopic (exact) mass is 185 g/mol. The van der Waals surface area contributed by atoms with Crippen molar-refractivity contribution >= 4 is 0 Å². The van der Waals surface area contributed by atoms with Gasteiger partial charge in [-0.2, -0.15) is 0 Å². The van der Waals surface area contributed by atoms with Gasteiger partial charge in [0.05, 0.1) is 0 Å². The molecule has 0 bridgehead atoms. The van der Waals surface area contributed by atoms with E-state index in [0.717, 1.165) is 18.4 Å². The van der Waals surface area contributed by atoms with Gasteiger partial charge in [-0.25, -0.2) is 0 Å². The lowest BCUT2D eigenvalue weighted by molar-refractivity contribution is 0.364. The van der Waals surface area contributed by atoms with Crippen LogP contribution in [-0.2, 0) is 0 Å². The van der Waals surface area contributed by atoms with E-state index >= 15 is 0 Å². The van der Waals surface area contributed by atoms with Gasteiger partial charge in [0, 0.05) is 6.04 Å². The van der Waals surface area contributed by atoms with Crippen molar-refractivity contribution in [3.8, 4) is 0 Å². The third-order valence-electron chi connectivity index (χ3n) is 2.82. The van der Waals surface area contributed by atoms with Crippen molar-refractivity contribution in [3.05, 3.63) is 0 Å². The van der Waals surface area contributed by atoms with Crippen LogP contribution >= 0.6 is 0 Å². The molecule has 1 heteroatoms. The zero-order valence-corrected chi connectivity index (χ0v) is 10.1. The molecule has 13 heavy (non-hydrogen) atoms. The molecule has 0 fully saturated rings. The molecule has 0 amide bonds. The van der Waals surface area contributed by atoms with Gasteiger partial charge in [-0.05, 0) is 31.7 Å². The summed E-state index contributed by atoms with van der Waals surface area (Å²) in [6.45, 7) is 12.5. The lowest BCUT2D eigenvalue weighted by atomic mass is 9.95. The predicted octanol–water partition coefficient (Wildman–Crippen LogP) is 3.45. The lowest BCUT2D eigenvalue weighted by Crippen LogP contribution is -2.31. The first kappa shape index (κ1) is 13.0. The molecule has 0 spiro atoms. The molecule has 0 saturated heterocycles. The predicted molar refractivity (Wildman–Crippen MR) is 61.0 cm³/mol. The minimum Gasteiger partial charge on any atom is -0.314 e. The first-order chi connectivity index (χ1) is 6.07. The first-order valence-electron chi connectivity index (χ1n) is 5.81. The number of rotatable bonds is 7. The van der Waals surface area contributed by atoms with Crippen molar-refractivity contribution in [2.24, 2.45) is 11.8 Å². The van der Waals surface area contributed by atoms with Crippen LogP contribution in [0.1, 0.15) is 53.9 Å². The summed E-state index contributed by atoms with van der Waals surface area (Å²) in [5.74, 6) is 1.68. The Bertz CT molecular complexity index is 110. The van der Waals surface area contributed by atoms with Gasteiger partial charge in [-0.3, -0.25) is 0 Å². The Balaban J connectivity index is 3.43. The molecule has 0 saturated carbocycles. The molecule has 0 radical (unpaired) electrons. The minimum atomic E-state index is 0.678. The van der Waals surface area contributed by atoms with E-state index in [1.54, 1.807) is 0 Å². The fourth-order valence-electron chi connectivity index (χ4n) is 1.62. The Morgan fingerprint density at radius 1 is 1.00 bits per heavy atom. The molecule has 2 atom stereocenters. The van der Waals surface area contributed by atoms with Gasteiger partial charge in [-0.15, -0.1) is 0 Å². The van der Waals surface area contributed by atoms with Crippen molar-refractivity contribution in [1.82, 2.24) is 5.32 Å². The lowest BCUT2D eigenvalue weighted by Gasteiger charge is -2.20. The van der Waals surface area contributed by atoms with Crippen molar-refractivity contribution in [1.29, 1.82) is 0 Å². The van der Waals surface area contributed by atoms with Crippen molar-refractivity contribution in [2.75, 3.05) is 6.54 Å². The Morgan fingerprint density at radius 3 is 2.08 bits per heavy atom. The average Bonchev–Trinajstić information content (AvgIpc) is 2.04. The SMILES string of the molecule is CCNC(C)C(C)CCCC(C)C. The number of hydrogen-bond donors (Lipinski definition) is 1. The fourth-order valence-corrected chi connectivity index (χ4v) is 1.62. The average molecular weight is 185 g/mol. The van der Waals surface area contributed by atoms with Gasteiger partial charge >= 0.3 is 0 Å². The van der Waals surface area contributed by atoms with Gasteiger partial charge in [0.15, 0.2) is 0 Å². The summed E-state index contributed by atoms with van der Waals surface area (Å²) in [7, 11) is 0. The minimum absolute atomic E-state index is 0.678. The second-order valence-electron chi connectivity index (χ2n) is 4.65. The summed E-state index contributed by atoms with van der Waals surface area (Å²) in [6.07, 6.45) is 4.13. The zero-order valence-electron chi connectivity index (χ0n) is 10.1. The number of nitrogens with one attached hydrogen (secondary N) is 1. The standard InChI is InChI=1S/C12H27N/c1-6-13-12(5)11(4)9-7-8-10(2)3/h10-13H,6-9H2,1-5H3. The maximum absolute atomic E-state index is 3.48. The van der Waals surface area contributed by atoms with Crippen LogP contribution in [0.25, 0.3) is 0 Å². The van der Waals surface area contributed by atoms with Crippen molar-refractivity contribution in [3.63, 3.8) is 0 Å². The molecule has 2 unspecified atom stereocenters. The van der Waals surface area contributed by atoms with Gasteiger partial charge in [-0.1, -0.05) is 40.5 Å². The molecular weight excluding hydrogens is 158 g/mol. The van der Waals surface area contributed by atoms with Gasteiger partial charge in [0.1, 0.15) is 0 Å². The highest BCUT2D eigenvalue weighted by Gasteiger charge is 2.10. The number of hydrogen-bond acceptors (Lipinski definition) is 1. The third-order valence-corrected chi connectivity index (χ3v) is 2.82. The smallest absolute Gasteiger partial charge is 0.00642 e. The van der Waals surface area contributed by atoms with Crippen LogP contribution in [0.2, 0.25) is 0 Å². The second-order valence-corrected chi connectivity index (χ2v) is 4.65. The summed E-state index contributed by atoms with van der Waals surface area (Å²) in [4.78, 5) is 0. The van der Waals surface area contributed by atoms with E-state index < -0.39 is 0 Å². The van der Waals surface area contributed by atoms with Crippen molar-refractivity contribution < 1.29 is 0 Å². The van der Waals surface area contributed by atoms with Crippen LogP contribution in [0.4, 0.5) is 0 Å². The summed E-state index contributed by atoms with van der Waals surface area (Å²) >= 11 is 0. The maximum atomic E-state index is 3.48. The Kier molecular flexibility index (Phi) is 7.35. The van der Waals surface area contributed by atoms with E-state index in [2.05, 4.69) is 39.9 Å².